The van der Waals surface area contributed by atoms with E-state index in [1.807, 2.05) is 0 Å². The summed E-state index contributed by atoms with van der Waals surface area (Å²) in [5, 5.41) is 4.24. The molecule has 1 heterocycles. The lowest BCUT2D eigenvalue weighted by atomic mass is 10.3. The number of amides is 1. The summed E-state index contributed by atoms with van der Waals surface area (Å²) in [6.45, 7) is 0. The van der Waals surface area contributed by atoms with Gasteiger partial charge in [0.25, 0.3) is 5.91 Å². The van der Waals surface area contributed by atoms with Crippen molar-refractivity contribution in [3.05, 3.63) is 45.1 Å². The van der Waals surface area contributed by atoms with E-state index in [1.165, 1.54) is 13.1 Å². The first kappa shape index (κ1) is 15.2. The van der Waals surface area contributed by atoms with Crippen molar-refractivity contribution in [1.29, 1.82) is 0 Å². The van der Waals surface area contributed by atoms with Gasteiger partial charge in [-0.05, 0) is 42.8 Å². The lowest BCUT2D eigenvalue weighted by Gasteiger charge is -2.06. The van der Waals surface area contributed by atoms with E-state index in [9.17, 15) is 13.2 Å². The zero-order valence-electron chi connectivity index (χ0n) is 10.4. The zero-order chi connectivity index (χ0) is 14.8. The molecule has 1 amide bonds. The van der Waals surface area contributed by atoms with Crippen LogP contribution < -0.4 is 10.0 Å². The Labute approximate surface area is 129 Å². The molecular weight excluding hydrogens is 364 g/mol. The SMILES string of the molecule is CNS(=O)(=O)c1ccsc1C(=O)Nc1ccc(Br)cc1. The number of benzene rings is 1. The highest BCUT2D eigenvalue weighted by Crippen LogP contribution is 2.23. The first-order valence-electron chi connectivity index (χ1n) is 5.52. The van der Waals surface area contributed by atoms with Crippen LogP contribution in [0.2, 0.25) is 0 Å². The Morgan fingerprint density at radius 1 is 1.20 bits per heavy atom. The van der Waals surface area contributed by atoms with Crippen molar-refractivity contribution in [1.82, 2.24) is 4.72 Å². The van der Waals surface area contributed by atoms with E-state index in [0.29, 0.717) is 5.69 Å². The monoisotopic (exact) mass is 374 g/mol. The van der Waals surface area contributed by atoms with Crippen LogP contribution in [0.5, 0.6) is 0 Å². The minimum absolute atomic E-state index is 0.0142. The van der Waals surface area contributed by atoms with Gasteiger partial charge in [-0.25, -0.2) is 13.1 Å². The largest absolute Gasteiger partial charge is 0.321 e. The van der Waals surface area contributed by atoms with Gasteiger partial charge in [-0.15, -0.1) is 11.3 Å². The highest BCUT2D eigenvalue weighted by atomic mass is 79.9. The molecule has 106 valence electrons. The van der Waals surface area contributed by atoms with Crippen LogP contribution in [0, 0.1) is 0 Å². The minimum Gasteiger partial charge on any atom is -0.321 e. The number of hydrogen-bond acceptors (Lipinski definition) is 4. The van der Waals surface area contributed by atoms with Gasteiger partial charge in [0, 0.05) is 10.2 Å². The molecule has 8 heteroatoms. The Balaban J connectivity index is 2.27. The van der Waals surface area contributed by atoms with Gasteiger partial charge in [-0.1, -0.05) is 15.9 Å². The third-order valence-corrected chi connectivity index (χ3v) is 5.52. The second-order valence-corrected chi connectivity index (χ2v) is 7.47. The molecule has 2 aromatic rings. The maximum absolute atomic E-state index is 12.1. The molecule has 0 unspecified atom stereocenters. The molecule has 1 aromatic heterocycles. The van der Waals surface area contributed by atoms with E-state index in [4.69, 9.17) is 0 Å². The van der Waals surface area contributed by atoms with Gasteiger partial charge in [-0.3, -0.25) is 4.79 Å². The Morgan fingerprint density at radius 3 is 2.45 bits per heavy atom. The van der Waals surface area contributed by atoms with E-state index < -0.39 is 15.9 Å². The van der Waals surface area contributed by atoms with Crippen LogP contribution >= 0.6 is 27.3 Å². The number of rotatable bonds is 4. The number of carbonyl (C=O) groups is 1. The smallest absolute Gasteiger partial charge is 0.267 e. The number of thiophene rings is 1. The molecule has 0 aliphatic heterocycles. The van der Waals surface area contributed by atoms with Crippen LogP contribution in [0.3, 0.4) is 0 Å². The average Bonchev–Trinajstić information content (AvgIpc) is 2.91. The van der Waals surface area contributed by atoms with Crippen molar-refractivity contribution in [3.8, 4) is 0 Å². The molecule has 20 heavy (non-hydrogen) atoms. The van der Waals surface area contributed by atoms with Crippen LogP contribution in [0.15, 0.2) is 45.1 Å². The average molecular weight is 375 g/mol. The second-order valence-electron chi connectivity index (χ2n) is 3.78. The van der Waals surface area contributed by atoms with Crippen molar-refractivity contribution in [2.75, 3.05) is 12.4 Å². The number of carbonyl (C=O) groups excluding carboxylic acids is 1. The summed E-state index contributed by atoms with van der Waals surface area (Å²) in [5.74, 6) is -0.448. The Hall–Kier alpha value is -1.22. The summed E-state index contributed by atoms with van der Waals surface area (Å²) in [7, 11) is -2.33. The summed E-state index contributed by atoms with van der Waals surface area (Å²) >= 11 is 4.38. The van der Waals surface area contributed by atoms with Crippen molar-refractivity contribution >= 4 is 48.9 Å². The van der Waals surface area contributed by atoms with Gasteiger partial charge >= 0.3 is 0 Å². The fourth-order valence-corrected chi connectivity index (χ4v) is 3.82. The Bertz CT molecular complexity index is 723. The highest BCUT2D eigenvalue weighted by molar-refractivity contribution is 9.10. The molecule has 0 fully saturated rings. The summed E-state index contributed by atoms with van der Waals surface area (Å²) < 4.78 is 26.7. The third kappa shape index (κ3) is 3.26. The van der Waals surface area contributed by atoms with Gasteiger partial charge in [0.05, 0.1) is 0 Å². The molecule has 2 rings (SSSR count). The molecular formula is C12H11BrN2O3S2. The van der Waals surface area contributed by atoms with E-state index >= 15 is 0 Å². The number of sulfonamides is 1. The standard InChI is InChI=1S/C12H11BrN2O3S2/c1-14-20(17,18)10-6-7-19-11(10)12(16)15-9-4-2-8(13)3-5-9/h2-7,14H,1H3,(H,15,16). The summed E-state index contributed by atoms with van der Waals surface area (Å²) in [5.41, 5.74) is 0.597. The number of nitrogens with one attached hydrogen (secondary N) is 2. The quantitative estimate of drug-likeness (QED) is 0.863. The van der Waals surface area contributed by atoms with Crippen LogP contribution in [-0.4, -0.2) is 21.4 Å². The van der Waals surface area contributed by atoms with Crippen LogP contribution in [0.25, 0.3) is 0 Å². The van der Waals surface area contributed by atoms with E-state index in [0.717, 1.165) is 15.8 Å². The van der Waals surface area contributed by atoms with Crippen LogP contribution in [0.4, 0.5) is 5.69 Å². The molecule has 0 aliphatic rings. The van der Waals surface area contributed by atoms with Crippen LogP contribution in [-0.2, 0) is 10.0 Å². The summed E-state index contributed by atoms with van der Waals surface area (Å²) in [4.78, 5) is 12.3. The van der Waals surface area contributed by atoms with Gasteiger partial charge in [0.15, 0.2) is 0 Å². The number of halogens is 1. The predicted molar refractivity (Wildman–Crippen MR) is 82.7 cm³/mol. The molecule has 0 saturated carbocycles. The second kappa shape index (κ2) is 6.04. The molecule has 0 bridgehead atoms. The lowest BCUT2D eigenvalue weighted by molar-refractivity contribution is 0.102. The van der Waals surface area contributed by atoms with Crippen molar-refractivity contribution < 1.29 is 13.2 Å². The third-order valence-electron chi connectivity index (χ3n) is 2.50. The lowest BCUT2D eigenvalue weighted by Crippen LogP contribution is -2.21. The fraction of sp³-hybridized carbons (Fsp3) is 0.0833. The first-order valence-corrected chi connectivity index (χ1v) is 8.67. The zero-order valence-corrected chi connectivity index (χ0v) is 13.6. The van der Waals surface area contributed by atoms with E-state index in [2.05, 4.69) is 26.0 Å². The molecule has 0 saturated heterocycles. The number of hydrogen-bond donors (Lipinski definition) is 2. The summed E-state index contributed by atoms with van der Waals surface area (Å²) in [6, 6.07) is 8.43. The Morgan fingerprint density at radius 2 is 1.85 bits per heavy atom. The van der Waals surface area contributed by atoms with E-state index in [-0.39, 0.29) is 9.77 Å². The van der Waals surface area contributed by atoms with E-state index in [1.54, 1.807) is 29.6 Å². The van der Waals surface area contributed by atoms with Crippen molar-refractivity contribution in [2.45, 2.75) is 4.90 Å². The van der Waals surface area contributed by atoms with Gasteiger partial charge in [0.2, 0.25) is 10.0 Å². The molecule has 0 radical (unpaired) electrons. The molecule has 0 aliphatic carbocycles. The maximum atomic E-state index is 12.1. The maximum Gasteiger partial charge on any atom is 0.267 e. The summed E-state index contributed by atoms with van der Waals surface area (Å²) in [6.07, 6.45) is 0. The number of anilines is 1. The normalized spacial score (nSPS) is 11.3. The first-order chi connectivity index (χ1) is 9.44. The molecule has 0 atom stereocenters. The predicted octanol–water partition coefficient (Wildman–Crippen LogP) is 2.67. The van der Waals surface area contributed by atoms with Crippen molar-refractivity contribution in [2.24, 2.45) is 0 Å². The molecule has 2 N–H and O–H groups in total. The molecule has 1 aromatic carbocycles. The van der Waals surface area contributed by atoms with Crippen molar-refractivity contribution in [3.63, 3.8) is 0 Å². The highest BCUT2D eigenvalue weighted by Gasteiger charge is 2.22. The van der Waals surface area contributed by atoms with Gasteiger partial charge < -0.3 is 5.32 Å². The molecule has 0 spiro atoms. The molecule has 5 nitrogen and oxygen atoms in total. The fourth-order valence-electron chi connectivity index (χ4n) is 1.51. The Kier molecular flexibility index (Phi) is 4.59. The minimum atomic E-state index is -3.64. The van der Waals surface area contributed by atoms with Gasteiger partial charge in [-0.2, -0.15) is 0 Å². The van der Waals surface area contributed by atoms with Crippen LogP contribution in [0.1, 0.15) is 9.67 Å². The van der Waals surface area contributed by atoms with Gasteiger partial charge in [0.1, 0.15) is 9.77 Å². The topological polar surface area (TPSA) is 75.3 Å².